The summed E-state index contributed by atoms with van der Waals surface area (Å²) in [5.41, 5.74) is 6.86. The van der Waals surface area contributed by atoms with Crippen LogP contribution in [0.1, 0.15) is 44.3 Å². The molecule has 0 spiro atoms. The fourth-order valence-corrected chi connectivity index (χ4v) is 4.28. The summed E-state index contributed by atoms with van der Waals surface area (Å²) >= 11 is 0. The van der Waals surface area contributed by atoms with Crippen LogP contribution in [0.15, 0.2) is 24.3 Å². The van der Waals surface area contributed by atoms with Gasteiger partial charge in [0.2, 0.25) is 5.91 Å². The van der Waals surface area contributed by atoms with Gasteiger partial charge in [0, 0.05) is 12.1 Å². The van der Waals surface area contributed by atoms with Gasteiger partial charge in [-0.15, -0.1) is 0 Å². The zero-order chi connectivity index (χ0) is 16.6. The smallest absolute Gasteiger partial charge is 0.225 e. The molecule has 23 heavy (non-hydrogen) atoms. The summed E-state index contributed by atoms with van der Waals surface area (Å²) in [5, 5.41) is 13.2. The molecule has 2 aliphatic carbocycles. The molecule has 2 fully saturated rings. The lowest BCUT2D eigenvalue weighted by atomic mass is 9.84. The molecule has 4 nitrogen and oxygen atoms in total. The van der Waals surface area contributed by atoms with Crippen molar-refractivity contribution in [1.82, 2.24) is 5.32 Å². The Labute approximate surface area is 136 Å². The van der Waals surface area contributed by atoms with Gasteiger partial charge in [0.25, 0.3) is 0 Å². The van der Waals surface area contributed by atoms with Gasteiger partial charge in [0.1, 0.15) is 5.82 Å². The van der Waals surface area contributed by atoms with Crippen LogP contribution in [0.4, 0.5) is 4.39 Å². The second kappa shape index (κ2) is 6.57. The van der Waals surface area contributed by atoms with Crippen LogP contribution in [0.3, 0.4) is 0 Å². The number of halogens is 1. The Kier molecular flexibility index (Phi) is 4.69. The van der Waals surface area contributed by atoms with Crippen LogP contribution >= 0.6 is 0 Å². The Hall–Kier alpha value is -1.46. The Morgan fingerprint density at radius 3 is 2.61 bits per heavy atom. The first-order valence-corrected chi connectivity index (χ1v) is 8.45. The molecule has 4 N–H and O–H groups in total. The summed E-state index contributed by atoms with van der Waals surface area (Å²) in [6, 6.07) is 5.62. The van der Waals surface area contributed by atoms with E-state index in [2.05, 4.69) is 5.32 Å². The number of hydrogen-bond donors (Lipinski definition) is 3. The Morgan fingerprint density at radius 1 is 1.35 bits per heavy atom. The normalized spacial score (nSPS) is 31.8. The van der Waals surface area contributed by atoms with Gasteiger partial charge in [-0.05, 0) is 62.1 Å². The summed E-state index contributed by atoms with van der Waals surface area (Å²) < 4.78 is 12.9. The molecule has 0 aliphatic heterocycles. The minimum Gasteiger partial charge on any atom is -0.388 e. The third-order valence-electron chi connectivity index (χ3n) is 5.50. The van der Waals surface area contributed by atoms with Crippen molar-refractivity contribution in [3.8, 4) is 0 Å². The Balaban J connectivity index is 1.53. The third-order valence-corrected chi connectivity index (χ3v) is 5.50. The van der Waals surface area contributed by atoms with Crippen LogP contribution in [-0.2, 0) is 4.79 Å². The first kappa shape index (κ1) is 16.4. The maximum atomic E-state index is 12.9. The zero-order valence-electron chi connectivity index (χ0n) is 13.4. The molecular weight excluding hydrogens is 295 g/mol. The van der Waals surface area contributed by atoms with Crippen molar-refractivity contribution in [1.29, 1.82) is 0 Å². The number of aliphatic hydroxyl groups is 1. The average Bonchev–Trinajstić information content (AvgIpc) is 3.08. The highest BCUT2D eigenvalue weighted by Crippen LogP contribution is 2.47. The van der Waals surface area contributed by atoms with E-state index in [4.69, 9.17) is 5.73 Å². The van der Waals surface area contributed by atoms with Gasteiger partial charge in [-0.2, -0.15) is 0 Å². The van der Waals surface area contributed by atoms with E-state index >= 15 is 0 Å². The van der Waals surface area contributed by atoms with E-state index in [0.717, 1.165) is 19.3 Å². The number of nitrogens with two attached hydrogens (primary N) is 1. The van der Waals surface area contributed by atoms with Gasteiger partial charge < -0.3 is 16.2 Å². The second-order valence-corrected chi connectivity index (χ2v) is 7.15. The first-order chi connectivity index (χ1) is 11.0. The molecule has 6 unspecified atom stereocenters. The highest BCUT2D eigenvalue weighted by Gasteiger charge is 2.49. The van der Waals surface area contributed by atoms with Crippen LogP contribution in [0.5, 0.6) is 0 Å². The molecule has 6 atom stereocenters. The molecule has 1 aromatic carbocycles. The van der Waals surface area contributed by atoms with Crippen LogP contribution in [0.2, 0.25) is 0 Å². The third kappa shape index (κ3) is 3.40. The number of carbonyl (C=O) groups is 1. The largest absolute Gasteiger partial charge is 0.388 e. The first-order valence-electron chi connectivity index (χ1n) is 8.45. The summed E-state index contributed by atoms with van der Waals surface area (Å²) in [6.45, 7) is 1.88. The van der Waals surface area contributed by atoms with Crippen molar-refractivity contribution >= 4 is 5.91 Å². The van der Waals surface area contributed by atoms with E-state index in [-0.39, 0.29) is 29.7 Å². The van der Waals surface area contributed by atoms with E-state index in [1.54, 1.807) is 12.1 Å². The van der Waals surface area contributed by atoms with Crippen molar-refractivity contribution in [2.24, 2.45) is 23.5 Å². The van der Waals surface area contributed by atoms with E-state index in [0.29, 0.717) is 23.8 Å². The van der Waals surface area contributed by atoms with Crippen LogP contribution in [-0.4, -0.2) is 23.1 Å². The number of carbonyl (C=O) groups excluding carboxylic acids is 1. The van der Waals surface area contributed by atoms with Gasteiger partial charge in [-0.1, -0.05) is 12.1 Å². The fraction of sp³-hybridized carbons (Fsp3) is 0.611. The van der Waals surface area contributed by atoms with Crippen molar-refractivity contribution in [2.75, 3.05) is 0 Å². The standard InChI is InChI=1S/C18H25FN2O2/c1-10(8-15(22)11-4-6-14(19)7-5-11)21-18(23)16-12-2-3-13(9-12)17(16)20/h4-7,10,12-13,15-17,22H,2-3,8-9,20H2,1H3,(H,21,23). The van der Waals surface area contributed by atoms with Gasteiger partial charge in [-0.3, -0.25) is 4.79 Å². The highest BCUT2D eigenvalue weighted by molar-refractivity contribution is 5.80. The van der Waals surface area contributed by atoms with Gasteiger partial charge >= 0.3 is 0 Å². The predicted octanol–water partition coefficient (Wildman–Crippen LogP) is 2.13. The number of aliphatic hydroxyl groups excluding tert-OH is 1. The molecule has 1 amide bonds. The molecule has 126 valence electrons. The Bertz CT molecular complexity index is 561. The van der Waals surface area contributed by atoms with Crippen LogP contribution in [0, 0.1) is 23.6 Å². The molecule has 0 radical (unpaired) electrons. The maximum Gasteiger partial charge on any atom is 0.225 e. The van der Waals surface area contributed by atoms with Gasteiger partial charge in [0.15, 0.2) is 0 Å². The van der Waals surface area contributed by atoms with Crippen molar-refractivity contribution in [3.63, 3.8) is 0 Å². The lowest BCUT2D eigenvalue weighted by Gasteiger charge is -2.28. The van der Waals surface area contributed by atoms with Crippen LogP contribution in [0.25, 0.3) is 0 Å². The molecule has 0 heterocycles. The summed E-state index contributed by atoms with van der Waals surface area (Å²) in [7, 11) is 0. The quantitative estimate of drug-likeness (QED) is 0.778. The number of amides is 1. The van der Waals surface area contributed by atoms with Crippen molar-refractivity contribution < 1.29 is 14.3 Å². The molecule has 2 aliphatic rings. The number of benzene rings is 1. The minimum atomic E-state index is -0.723. The van der Waals surface area contributed by atoms with E-state index in [1.807, 2.05) is 6.92 Å². The summed E-state index contributed by atoms with van der Waals surface area (Å²) in [4.78, 5) is 12.5. The van der Waals surface area contributed by atoms with Gasteiger partial charge in [0.05, 0.1) is 12.0 Å². The lowest BCUT2D eigenvalue weighted by molar-refractivity contribution is -0.127. The van der Waals surface area contributed by atoms with Crippen LogP contribution < -0.4 is 11.1 Å². The lowest BCUT2D eigenvalue weighted by Crippen LogP contribution is -2.47. The van der Waals surface area contributed by atoms with Crippen molar-refractivity contribution in [2.45, 2.75) is 50.8 Å². The molecule has 5 heteroatoms. The average molecular weight is 320 g/mol. The monoisotopic (exact) mass is 320 g/mol. The van der Waals surface area contributed by atoms with E-state index in [1.165, 1.54) is 12.1 Å². The molecule has 0 aromatic heterocycles. The highest BCUT2D eigenvalue weighted by atomic mass is 19.1. The molecule has 2 saturated carbocycles. The maximum absolute atomic E-state index is 12.9. The molecule has 2 bridgehead atoms. The topological polar surface area (TPSA) is 75.3 Å². The molecular formula is C18H25FN2O2. The van der Waals surface area contributed by atoms with Gasteiger partial charge in [-0.25, -0.2) is 4.39 Å². The minimum absolute atomic E-state index is 0.0171. The Morgan fingerprint density at radius 2 is 2.00 bits per heavy atom. The SMILES string of the molecule is CC(CC(O)c1ccc(F)cc1)NC(=O)C1C2CCC(C2)C1N. The zero-order valence-corrected chi connectivity index (χ0v) is 13.4. The van der Waals surface area contributed by atoms with E-state index in [9.17, 15) is 14.3 Å². The predicted molar refractivity (Wildman–Crippen MR) is 85.9 cm³/mol. The summed E-state index contributed by atoms with van der Waals surface area (Å²) in [5.74, 6) is 0.523. The van der Waals surface area contributed by atoms with E-state index < -0.39 is 6.10 Å². The number of fused-ring (bicyclic) bond motifs is 2. The second-order valence-electron chi connectivity index (χ2n) is 7.15. The molecule has 1 aromatic rings. The number of rotatable bonds is 5. The number of nitrogens with one attached hydrogen (secondary N) is 1. The molecule has 3 rings (SSSR count). The fourth-order valence-electron chi connectivity index (χ4n) is 4.28. The summed E-state index contributed by atoms with van der Waals surface area (Å²) in [6.07, 6.45) is 3.00. The number of hydrogen-bond acceptors (Lipinski definition) is 3. The van der Waals surface area contributed by atoms with Crippen molar-refractivity contribution in [3.05, 3.63) is 35.6 Å². The molecule has 0 saturated heterocycles.